The van der Waals surface area contributed by atoms with E-state index in [1.54, 1.807) is 23.5 Å². The van der Waals surface area contributed by atoms with Crippen molar-refractivity contribution < 1.29 is 9.90 Å². The summed E-state index contributed by atoms with van der Waals surface area (Å²) in [6.45, 7) is 4.53. The molecule has 0 radical (unpaired) electrons. The molecule has 10 heteroatoms. The lowest BCUT2D eigenvalue weighted by molar-refractivity contribution is -0.133. The van der Waals surface area contributed by atoms with Crippen molar-refractivity contribution in [3.05, 3.63) is 25.4 Å². The van der Waals surface area contributed by atoms with Crippen LogP contribution >= 0.6 is 94.1 Å². The molecule has 0 aromatic rings. The van der Waals surface area contributed by atoms with Crippen molar-refractivity contribution in [2.75, 3.05) is 23.5 Å². The van der Waals surface area contributed by atoms with Gasteiger partial charge in [0.2, 0.25) is 0 Å². The predicted octanol–water partition coefficient (Wildman–Crippen LogP) is 10.1. The zero-order valence-corrected chi connectivity index (χ0v) is 24.9. The average Bonchev–Trinajstić information content (AvgIpc) is 3.35. The Kier molecular flexibility index (Phi) is 15.8. The zero-order chi connectivity index (χ0) is 22.5. The molecule has 2 nitrogen and oxygen atoms in total. The molecular formula is C21H32O2S8. The smallest absolute Gasteiger partial charge is 0.313 e. The van der Waals surface area contributed by atoms with Crippen LogP contribution in [0.5, 0.6) is 0 Å². The zero-order valence-electron chi connectivity index (χ0n) is 18.4. The lowest BCUT2D eigenvalue weighted by Crippen LogP contribution is -1.97. The Labute approximate surface area is 222 Å². The van der Waals surface area contributed by atoms with E-state index in [2.05, 4.69) is 20.1 Å². The van der Waals surface area contributed by atoms with Crippen molar-refractivity contribution in [1.29, 1.82) is 0 Å². The molecule has 0 aliphatic carbocycles. The average molecular weight is 573 g/mol. The van der Waals surface area contributed by atoms with Crippen molar-refractivity contribution in [2.45, 2.75) is 65.2 Å². The number of aliphatic carboxylic acids is 1. The van der Waals surface area contributed by atoms with Gasteiger partial charge in [-0.25, -0.2) is 0 Å². The van der Waals surface area contributed by atoms with Crippen LogP contribution in [-0.2, 0) is 4.79 Å². The maximum atomic E-state index is 11.0. The van der Waals surface area contributed by atoms with Gasteiger partial charge in [0.25, 0.3) is 0 Å². The highest BCUT2D eigenvalue weighted by Gasteiger charge is 2.30. The summed E-state index contributed by atoms with van der Waals surface area (Å²) in [7, 11) is 0. The van der Waals surface area contributed by atoms with Gasteiger partial charge in [-0.3, -0.25) is 4.79 Å². The first kappa shape index (κ1) is 28.7. The number of hydrogen-bond acceptors (Lipinski definition) is 9. The van der Waals surface area contributed by atoms with E-state index in [1.807, 2.05) is 58.8 Å². The first-order valence-corrected chi connectivity index (χ1v) is 18.1. The minimum atomic E-state index is -0.751. The van der Waals surface area contributed by atoms with Crippen LogP contribution in [0.1, 0.15) is 65.2 Å². The molecule has 0 fully saturated rings. The van der Waals surface area contributed by atoms with Crippen molar-refractivity contribution in [1.82, 2.24) is 0 Å². The van der Waals surface area contributed by atoms with Gasteiger partial charge in [-0.2, -0.15) is 0 Å². The summed E-state index contributed by atoms with van der Waals surface area (Å²) in [4.78, 5) is 11.0. The van der Waals surface area contributed by atoms with Crippen molar-refractivity contribution in [3.63, 3.8) is 0 Å². The second-order valence-corrected chi connectivity index (χ2v) is 16.5. The summed E-state index contributed by atoms with van der Waals surface area (Å²) in [5, 5.41) is 9.05. The van der Waals surface area contributed by atoms with Crippen LogP contribution in [0.15, 0.2) is 25.4 Å². The van der Waals surface area contributed by atoms with Crippen LogP contribution < -0.4 is 0 Å². The topological polar surface area (TPSA) is 37.3 Å². The van der Waals surface area contributed by atoms with Gasteiger partial charge < -0.3 is 5.11 Å². The molecule has 2 rings (SSSR count). The Morgan fingerprint density at radius 1 is 0.710 bits per heavy atom. The summed E-state index contributed by atoms with van der Waals surface area (Å²) in [6, 6.07) is 0. The monoisotopic (exact) mass is 572 g/mol. The van der Waals surface area contributed by atoms with Gasteiger partial charge in [-0.05, 0) is 30.6 Å². The summed E-state index contributed by atoms with van der Waals surface area (Å²) in [6.07, 6.45) is 12.6. The van der Waals surface area contributed by atoms with Crippen molar-refractivity contribution in [2.24, 2.45) is 0 Å². The van der Waals surface area contributed by atoms with Crippen LogP contribution in [0.4, 0.5) is 0 Å². The fourth-order valence-electron chi connectivity index (χ4n) is 2.62. The number of carbonyl (C=O) groups is 1. The summed E-state index contributed by atoms with van der Waals surface area (Å²) in [5.41, 5.74) is 0. The maximum Gasteiger partial charge on any atom is 0.313 e. The van der Waals surface area contributed by atoms with Crippen LogP contribution in [0.25, 0.3) is 0 Å². The number of rotatable bonds is 16. The van der Waals surface area contributed by atoms with Crippen LogP contribution in [0.3, 0.4) is 0 Å². The van der Waals surface area contributed by atoms with E-state index >= 15 is 0 Å². The molecular weight excluding hydrogens is 541 g/mol. The van der Waals surface area contributed by atoms with Gasteiger partial charge in [-0.15, -0.1) is 47.0 Å². The van der Waals surface area contributed by atoms with E-state index in [0.717, 1.165) is 4.24 Å². The molecule has 0 unspecified atom stereocenters. The van der Waals surface area contributed by atoms with E-state index in [-0.39, 0.29) is 5.75 Å². The third kappa shape index (κ3) is 10.7. The first-order valence-electron chi connectivity index (χ1n) is 10.7. The summed E-state index contributed by atoms with van der Waals surface area (Å²) in [5.74, 6) is 1.80. The normalized spacial score (nSPS) is 16.9. The molecule has 2 aliphatic rings. The summed E-state index contributed by atoms with van der Waals surface area (Å²) < 4.78 is 8.09. The number of thioether (sulfide) groups is 8. The Hall–Kier alpha value is 1.49. The van der Waals surface area contributed by atoms with Gasteiger partial charge in [0.15, 0.2) is 0 Å². The largest absolute Gasteiger partial charge is 0.481 e. The van der Waals surface area contributed by atoms with Gasteiger partial charge in [0.05, 0.1) is 31.2 Å². The number of carboxylic acid groups (broad SMARTS) is 1. The number of unbranched alkanes of at least 4 members (excludes halogenated alkanes) is 6. The van der Waals surface area contributed by atoms with E-state index < -0.39 is 5.97 Å². The molecule has 0 bridgehead atoms. The minimum Gasteiger partial charge on any atom is -0.481 e. The molecule has 0 spiro atoms. The SMILES string of the molecule is CCCCCCSC1=C(SCCCCCC)SC(=C2SC(SC)=C(SCC(=O)O)S2)S1. The molecule has 176 valence electrons. The van der Waals surface area contributed by atoms with Crippen LogP contribution in [0, 0.1) is 0 Å². The molecule has 2 aliphatic heterocycles. The van der Waals surface area contributed by atoms with Crippen LogP contribution in [0.2, 0.25) is 0 Å². The maximum absolute atomic E-state index is 11.0. The highest BCUT2D eigenvalue weighted by molar-refractivity contribution is 8.45. The second-order valence-electron chi connectivity index (χ2n) is 6.84. The number of hydrogen-bond donors (Lipinski definition) is 1. The Balaban J connectivity index is 1.98. The molecule has 1 N–H and O–H groups in total. The Morgan fingerprint density at radius 3 is 1.58 bits per heavy atom. The number of carboxylic acids is 1. The van der Waals surface area contributed by atoms with E-state index in [1.165, 1.54) is 95.8 Å². The highest BCUT2D eigenvalue weighted by Crippen LogP contribution is 2.65. The fourth-order valence-corrected chi connectivity index (χ4v) is 14.0. The third-order valence-electron chi connectivity index (χ3n) is 4.22. The van der Waals surface area contributed by atoms with Crippen LogP contribution in [-0.4, -0.2) is 34.6 Å². The quantitative estimate of drug-likeness (QED) is 0.180. The Morgan fingerprint density at radius 2 is 1.16 bits per heavy atom. The highest BCUT2D eigenvalue weighted by atomic mass is 32.3. The minimum absolute atomic E-state index is 0.131. The third-order valence-corrected chi connectivity index (χ3v) is 15.8. The molecule has 0 aromatic heterocycles. The van der Waals surface area contributed by atoms with Gasteiger partial charge in [-0.1, -0.05) is 99.4 Å². The summed E-state index contributed by atoms with van der Waals surface area (Å²) >= 11 is 14.8. The molecule has 0 aromatic carbocycles. The van der Waals surface area contributed by atoms with Crippen molar-refractivity contribution >= 4 is 100 Å². The van der Waals surface area contributed by atoms with E-state index in [0.29, 0.717) is 0 Å². The van der Waals surface area contributed by atoms with E-state index in [4.69, 9.17) is 5.11 Å². The van der Waals surface area contributed by atoms with Gasteiger partial charge in [0.1, 0.15) is 0 Å². The standard InChI is InChI=1S/C21H32O2S8/c1-4-6-8-10-12-25-18-19(26-13-11-9-7-5-2)31-21(30-18)20-28-16(24-3)17(29-20)27-14-15(22)23/h4-14H2,1-3H3,(H,22,23). The molecule has 0 saturated heterocycles. The molecule has 2 heterocycles. The molecule has 31 heavy (non-hydrogen) atoms. The first-order chi connectivity index (χ1) is 15.1. The van der Waals surface area contributed by atoms with E-state index in [9.17, 15) is 4.79 Å². The molecule has 0 atom stereocenters. The van der Waals surface area contributed by atoms with Gasteiger partial charge >= 0.3 is 5.97 Å². The molecule has 0 saturated carbocycles. The fraction of sp³-hybridized carbons (Fsp3) is 0.667. The lowest BCUT2D eigenvalue weighted by Gasteiger charge is -2.05. The Bertz CT molecular complexity index is 659. The lowest BCUT2D eigenvalue weighted by atomic mass is 10.2. The predicted molar refractivity (Wildman–Crippen MR) is 158 cm³/mol. The second kappa shape index (κ2) is 17.0. The molecule has 0 amide bonds. The van der Waals surface area contributed by atoms with Crippen molar-refractivity contribution in [3.8, 4) is 0 Å². The van der Waals surface area contributed by atoms with Gasteiger partial charge in [0, 0.05) is 0 Å².